The van der Waals surface area contributed by atoms with Gasteiger partial charge in [-0.1, -0.05) is 0 Å². The molecule has 5 nitrogen and oxygen atoms in total. The van der Waals surface area contributed by atoms with Crippen molar-refractivity contribution in [3.05, 3.63) is 11.6 Å². The minimum Gasteiger partial charge on any atom is -0.466 e. The fourth-order valence-electron chi connectivity index (χ4n) is 0.772. The van der Waals surface area contributed by atoms with E-state index in [0.29, 0.717) is 0 Å². The molecular weight excluding hydrogens is 188 g/mol. The summed E-state index contributed by atoms with van der Waals surface area (Å²) in [5.41, 5.74) is -1.59. The minimum absolute atomic E-state index is 0.146. The average molecular weight is 202 g/mol. The van der Waals surface area contributed by atoms with Gasteiger partial charge in [0, 0.05) is 6.08 Å². The fourth-order valence-corrected chi connectivity index (χ4v) is 0.772. The molecule has 5 heteroatoms. The predicted molar refractivity (Wildman–Crippen MR) is 48.4 cm³/mol. The monoisotopic (exact) mass is 202 g/mol. The summed E-state index contributed by atoms with van der Waals surface area (Å²) in [6, 6.07) is 0. The molecule has 0 aromatic heterocycles. The van der Waals surface area contributed by atoms with Crippen LogP contribution < -0.4 is 0 Å². The molecule has 0 aliphatic carbocycles. The van der Waals surface area contributed by atoms with Crippen molar-refractivity contribution in [3.8, 4) is 0 Å². The van der Waals surface area contributed by atoms with Crippen molar-refractivity contribution in [1.82, 2.24) is 0 Å². The molecule has 0 aliphatic rings. The Morgan fingerprint density at radius 2 is 1.71 bits per heavy atom. The molecule has 80 valence electrons. The molecule has 0 atom stereocenters. The lowest BCUT2D eigenvalue weighted by Crippen LogP contribution is -2.29. The van der Waals surface area contributed by atoms with E-state index >= 15 is 0 Å². The summed E-state index contributed by atoms with van der Waals surface area (Å²) in [6.07, 6.45) is 0.909. The summed E-state index contributed by atoms with van der Waals surface area (Å²) in [6.45, 7) is 2.75. The Balaban J connectivity index is 5.02. The number of hydrogen-bond acceptors (Lipinski definition) is 5. The van der Waals surface area contributed by atoms with Gasteiger partial charge in [-0.25, -0.2) is 9.59 Å². The smallest absolute Gasteiger partial charge is 0.336 e. The highest BCUT2D eigenvalue weighted by atomic mass is 16.5. The zero-order valence-corrected chi connectivity index (χ0v) is 8.66. The summed E-state index contributed by atoms with van der Waals surface area (Å²) in [5, 5.41) is 9.55. The van der Waals surface area contributed by atoms with E-state index in [2.05, 4.69) is 9.47 Å². The van der Waals surface area contributed by atoms with Crippen LogP contribution in [0.1, 0.15) is 13.8 Å². The maximum Gasteiger partial charge on any atom is 0.336 e. The lowest BCUT2D eigenvalue weighted by atomic mass is 9.98. The van der Waals surface area contributed by atoms with Crippen molar-refractivity contribution in [1.29, 1.82) is 0 Å². The van der Waals surface area contributed by atoms with Crippen LogP contribution >= 0.6 is 0 Å². The number of rotatable bonds is 3. The zero-order valence-electron chi connectivity index (χ0n) is 8.66. The molecular formula is C9H14O5. The van der Waals surface area contributed by atoms with E-state index in [1.807, 2.05) is 0 Å². The molecule has 0 bridgehead atoms. The highest BCUT2D eigenvalue weighted by Gasteiger charge is 2.27. The summed E-state index contributed by atoms with van der Waals surface area (Å²) in [4.78, 5) is 22.0. The molecule has 0 saturated heterocycles. The molecule has 0 rings (SSSR count). The first-order valence-electron chi connectivity index (χ1n) is 3.93. The molecule has 0 aromatic rings. The van der Waals surface area contributed by atoms with Crippen LogP contribution in [0.2, 0.25) is 0 Å². The van der Waals surface area contributed by atoms with E-state index < -0.39 is 17.5 Å². The number of ether oxygens (including phenoxy) is 2. The van der Waals surface area contributed by atoms with E-state index in [1.54, 1.807) is 0 Å². The van der Waals surface area contributed by atoms with Crippen LogP contribution in [-0.4, -0.2) is 36.9 Å². The second-order valence-electron chi connectivity index (χ2n) is 3.13. The number of esters is 2. The first-order valence-corrected chi connectivity index (χ1v) is 3.93. The van der Waals surface area contributed by atoms with Gasteiger partial charge in [0.15, 0.2) is 0 Å². The summed E-state index contributed by atoms with van der Waals surface area (Å²) < 4.78 is 8.75. The van der Waals surface area contributed by atoms with E-state index in [0.717, 1.165) is 6.08 Å². The van der Waals surface area contributed by atoms with Gasteiger partial charge in [-0.05, 0) is 13.8 Å². The van der Waals surface area contributed by atoms with Gasteiger partial charge in [-0.2, -0.15) is 0 Å². The van der Waals surface area contributed by atoms with E-state index in [4.69, 9.17) is 0 Å². The molecule has 0 aromatic carbocycles. The van der Waals surface area contributed by atoms with Crippen LogP contribution in [0.4, 0.5) is 0 Å². The largest absolute Gasteiger partial charge is 0.466 e. The first-order chi connectivity index (χ1) is 6.32. The summed E-state index contributed by atoms with van der Waals surface area (Å²) >= 11 is 0. The Hall–Kier alpha value is -1.36. The van der Waals surface area contributed by atoms with Crippen molar-refractivity contribution in [2.45, 2.75) is 19.4 Å². The average Bonchev–Trinajstić information content (AvgIpc) is 2.10. The highest BCUT2D eigenvalue weighted by Crippen LogP contribution is 2.16. The number of carbonyl (C=O) groups is 2. The number of carbonyl (C=O) groups excluding carboxylic acids is 2. The van der Waals surface area contributed by atoms with Crippen molar-refractivity contribution < 1.29 is 24.2 Å². The maximum atomic E-state index is 11.2. The molecule has 1 N–H and O–H groups in total. The quantitative estimate of drug-likeness (QED) is 0.516. The maximum absolute atomic E-state index is 11.2. The van der Waals surface area contributed by atoms with Crippen LogP contribution in [-0.2, 0) is 19.1 Å². The first kappa shape index (κ1) is 12.6. The summed E-state index contributed by atoms with van der Waals surface area (Å²) in [7, 11) is 2.34. The third kappa shape index (κ3) is 3.57. The molecule has 0 heterocycles. The molecule has 0 aliphatic heterocycles. The Kier molecular flexibility index (Phi) is 4.30. The molecule has 0 saturated carbocycles. The van der Waals surface area contributed by atoms with Crippen molar-refractivity contribution >= 4 is 11.9 Å². The Morgan fingerprint density at radius 1 is 1.21 bits per heavy atom. The molecule has 0 radical (unpaired) electrons. The third-order valence-electron chi connectivity index (χ3n) is 1.53. The van der Waals surface area contributed by atoms with Crippen LogP contribution in [0.5, 0.6) is 0 Å². The van der Waals surface area contributed by atoms with Crippen molar-refractivity contribution in [2.24, 2.45) is 0 Å². The van der Waals surface area contributed by atoms with Gasteiger partial charge in [0.25, 0.3) is 0 Å². The number of aliphatic hydroxyl groups is 1. The second-order valence-corrected chi connectivity index (χ2v) is 3.13. The molecule has 0 unspecified atom stereocenters. The fraction of sp³-hybridized carbons (Fsp3) is 0.556. The van der Waals surface area contributed by atoms with Gasteiger partial charge in [-0.3, -0.25) is 0 Å². The Labute approximate surface area is 82.3 Å². The minimum atomic E-state index is -1.44. The lowest BCUT2D eigenvalue weighted by molar-refractivity contribution is -0.140. The number of hydrogen-bond donors (Lipinski definition) is 1. The highest BCUT2D eigenvalue weighted by molar-refractivity contribution is 5.97. The Morgan fingerprint density at radius 3 is 2.00 bits per heavy atom. The Bertz CT molecular complexity index is 259. The van der Waals surface area contributed by atoms with Gasteiger partial charge >= 0.3 is 11.9 Å². The van der Waals surface area contributed by atoms with Crippen LogP contribution in [0.3, 0.4) is 0 Å². The predicted octanol–water partition coefficient (Wildman–Crippen LogP) is 0.0297. The van der Waals surface area contributed by atoms with E-state index in [9.17, 15) is 14.7 Å². The van der Waals surface area contributed by atoms with Crippen molar-refractivity contribution in [2.75, 3.05) is 14.2 Å². The molecule has 14 heavy (non-hydrogen) atoms. The van der Waals surface area contributed by atoms with Gasteiger partial charge in [0.2, 0.25) is 0 Å². The van der Waals surface area contributed by atoms with Gasteiger partial charge in [-0.15, -0.1) is 0 Å². The SMILES string of the molecule is COC(=O)/C=C(\C(=O)OC)C(C)(C)O. The lowest BCUT2D eigenvalue weighted by Gasteiger charge is -2.18. The van der Waals surface area contributed by atoms with Gasteiger partial charge in [0.05, 0.1) is 25.4 Å². The van der Waals surface area contributed by atoms with Crippen LogP contribution in [0.25, 0.3) is 0 Å². The zero-order chi connectivity index (χ0) is 11.4. The second kappa shape index (κ2) is 4.76. The molecule has 0 fully saturated rings. The summed E-state index contributed by atoms with van der Waals surface area (Å²) in [5.74, 6) is -1.48. The standard InChI is InChI=1S/C9H14O5/c1-9(2,12)6(8(11)14-4)5-7(10)13-3/h5,12H,1-4H3/b6-5+. The van der Waals surface area contributed by atoms with Crippen LogP contribution in [0.15, 0.2) is 11.6 Å². The van der Waals surface area contributed by atoms with Crippen molar-refractivity contribution in [3.63, 3.8) is 0 Å². The van der Waals surface area contributed by atoms with E-state index in [-0.39, 0.29) is 5.57 Å². The van der Waals surface area contributed by atoms with E-state index in [1.165, 1.54) is 28.1 Å². The normalized spacial score (nSPS) is 12.2. The van der Waals surface area contributed by atoms with Crippen LogP contribution in [0, 0.1) is 0 Å². The molecule has 0 amide bonds. The third-order valence-corrected chi connectivity index (χ3v) is 1.53. The molecule has 0 spiro atoms. The van der Waals surface area contributed by atoms with Gasteiger partial charge in [0.1, 0.15) is 0 Å². The topological polar surface area (TPSA) is 72.8 Å². The number of methoxy groups -OCH3 is 2. The van der Waals surface area contributed by atoms with Gasteiger partial charge < -0.3 is 14.6 Å².